The Bertz CT molecular complexity index is 755. The van der Waals surface area contributed by atoms with Crippen molar-refractivity contribution in [3.05, 3.63) is 41.3 Å². The number of aromatic nitrogens is 3. The Balaban J connectivity index is 1.65. The number of amides is 4. The second-order valence-corrected chi connectivity index (χ2v) is 5.61. The summed E-state index contributed by atoms with van der Waals surface area (Å²) >= 11 is 0. The van der Waals surface area contributed by atoms with Crippen LogP contribution in [0.25, 0.3) is 5.82 Å². The molecule has 1 aliphatic rings. The molecular weight excluding hydrogens is 308 g/mol. The van der Waals surface area contributed by atoms with Crippen molar-refractivity contribution in [2.24, 2.45) is 0 Å². The largest absolute Gasteiger partial charge is 0.337 e. The molecule has 2 N–H and O–H groups in total. The highest BCUT2D eigenvalue weighted by Gasteiger charge is 2.25. The molecule has 24 heavy (non-hydrogen) atoms. The third-order valence-electron chi connectivity index (χ3n) is 4.06. The molecule has 0 radical (unpaired) electrons. The fourth-order valence-corrected chi connectivity index (χ4v) is 2.79. The van der Waals surface area contributed by atoms with E-state index in [1.165, 1.54) is 4.90 Å². The predicted octanol–water partition coefficient (Wildman–Crippen LogP) is 1.16. The normalized spacial score (nSPS) is 13.9. The number of urea groups is 2. The summed E-state index contributed by atoms with van der Waals surface area (Å²) in [6.07, 6.45) is 2.37. The van der Waals surface area contributed by atoms with Crippen LogP contribution in [0.1, 0.15) is 17.0 Å². The molecule has 4 amide bonds. The summed E-state index contributed by atoms with van der Waals surface area (Å²) in [5.74, 6) is 0.766. The second-order valence-electron chi connectivity index (χ2n) is 5.61. The van der Waals surface area contributed by atoms with Gasteiger partial charge in [0, 0.05) is 31.5 Å². The van der Waals surface area contributed by atoms with Crippen LogP contribution in [-0.2, 0) is 6.42 Å². The summed E-state index contributed by atoms with van der Waals surface area (Å²) in [4.78, 5) is 28.9. The topological polar surface area (TPSA) is 92.2 Å². The Kier molecular flexibility index (Phi) is 4.45. The third kappa shape index (κ3) is 3.08. The van der Waals surface area contributed by atoms with Gasteiger partial charge in [0.05, 0.1) is 5.69 Å². The van der Waals surface area contributed by atoms with Crippen molar-refractivity contribution in [2.75, 3.05) is 19.6 Å². The molecule has 0 atom stereocenters. The third-order valence-corrected chi connectivity index (χ3v) is 4.06. The molecule has 1 aliphatic heterocycles. The number of hydrogen-bond acceptors (Lipinski definition) is 4. The lowest BCUT2D eigenvalue weighted by Crippen LogP contribution is -2.42. The number of imide groups is 1. The number of hydrogen-bond donors (Lipinski definition) is 2. The van der Waals surface area contributed by atoms with E-state index in [2.05, 4.69) is 20.7 Å². The monoisotopic (exact) mass is 328 g/mol. The van der Waals surface area contributed by atoms with Crippen LogP contribution < -0.4 is 10.6 Å². The van der Waals surface area contributed by atoms with Gasteiger partial charge in [0.25, 0.3) is 0 Å². The first-order valence-electron chi connectivity index (χ1n) is 7.87. The van der Waals surface area contributed by atoms with Crippen molar-refractivity contribution in [3.8, 4) is 5.82 Å². The van der Waals surface area contributed by atoms with Crippen molar-refractivity contribution in [1.82, 2.24) is 30.3 Å². The summed E-state index contributed by atoms with van der Waals surface area (Å²) in [6, 6.07) is 4.97. The van der Waals surface area contributed by atoms with Gasteiger partial charge in [0.15, 0.2) is 5.82 Å². The van der Waals surface area contributed by atoms with Crippen molar-refractivity contribution in [1.29, 1.82) is 0 Å². The van der Waals surface area contributed by atoms with Crippen molar-refractivity contribution in [3.63, 3.8) is 0 Å². The molecule has 1 fully saturated rings. The van der Waals surface area contributed by atoms with E-state index in [1.54, 1.807) is 10.9 Å². The summed E-state index contributed by atoms with van der Waals surface area (Å²) in [5, 5.41) is 9.92. The maximum Gasteiger partial charge on any atom is 0.325 e. The molecule has 3 heterocycles. The van der Waals surface area contributed by atoms with Gasteiger partial charge in [-0.15, -0.1) is 0 Å². The fraction of sp³-hybridized carbons (Fsp3) is 0.375. The fourth-order valence-electron chi connectivity index (χ4n) is 2.79. The number of carbonyl (C=O) groups is 2. The summed E-state index contributed by atoms with van der Waals surface area (Å²) in [6.45, 7) is 5.27. The van der Waals surface area contributed by atoms with Crippen LogP contribution in [0.5, 0.6) is 0 Å². The first-order valence-corrected chi connectivity index (χ1v) is 7.87. The predicted molar refractivity (Wildman–Crippen MR) is 88.0 cm³/mol. The number of nitrogens with zero attached hydrogens (tertiary/aromatic N) is 4. The standard InChI is InChI=1S/C16H20N6O2/c1-11-13(6-8-18-15(23)21-10-9-19-16(21)24)12(2)22(20-11)14-5-3-4-7-17-14/h3-5,7H,6,8-10H2,1-2H3,(H,18,23)(H,19,24). The van der Waals surface area contributed by atoms with E-state index < -0.39 is 0 Å². The maximum atomic E-state index is 12.0. The Morgan fingerprint density at radius 2 is 2.21 bits per heavy atom. The van der Waals surface area contributed by atoms with Crippen LogP contribution in [0.3, 0.4) is 0 Å². The molecule has 0 spiro atoms. The molecule has 0 unspecified atom stereocenters. The Morgan fingerprint density at radius 3 is 2.88 bits per heavy atom. The molecule has 0 aliphatic carbocycles. The quantitative estimate of drug-likeness (QED) is 0.881. The van der Waals surface area contributed by atoms with Crippen LogP contribution in [0, 0.1) is 13.8 Å². The molecule has 126 valence electrons. The lowest BCUT2D eigenvalue weighted by molar-refractivity contribution is 0.199. The maximum absolute atomic E-state index is 12.0. The van der Waals surface area contributed by atoms with E-state index >= 15 is 0 Å². The van der Waals surface area contributed by atoms with Crippen molar-refractivity contribution < 1.29 is 9.59 Å². The first-order chi connectivity index (χ1) is 11.6. The van der Waals surface area contributed by atoms with E-state index in [-0.39, 0.29) is 12.1 Å². The average molecular weight is 328 g/mol. The van der Waals surface area contributed by atoms with Gasteiger partial charge < -0.3 is 10.6 Å². The molecular formula is C16H20N6O2. The lowest BCUT2D eigenvalue weighted by Gasteiger charge is -2.13. The van der Waals surface area contributed by atoms with E-state index in [0.717, 1.165) is 22.8 Å². The average Bonchev–Trinajstić information content (AvgIpc) is 3.13. The number of nitrogens with one attached hydrogen (secondary N) is 2. The number of carbonyl (C=O) groups excluding carboxylic acids is 2. The van der Waals surface area contributed by atoms with Gasteiger partial charge >= 0.3 is 12.1 Å². The molecule has 2 aromatic rings. The zero-order valence-electron chi connectivity index (χ0n) is 13.7. The van der Waals surface area contributed by atoms with Crippen LogP contribution >= 0.6 is 0 Å². The zero-order valence-corrected chi connectivity index (χ0v) is 13.7. The van der Waals surface area contributed by atoms with Gasteiger partial charge in [-0.1, -0.05) is 6.07 Å². The van der Waals surface area contributed by atoms with Crippen LogP contribution in [-0.4, -0.2) is 51.4 Å². The highest BCUT2D eigenvalue weighted by molar-refractivity contribution is 5.94. The van der Waals surface area contributed by atoms with Gasteiger partial charge in [-0.05, 0) is 38.0 Å². The molecule has 0 aromatic carbocycles. The number of aryl methyl sites for hydroxylation is 1. The van der Waals surface area contributed by atoms with E-state index in [1.807, 2.05) is 32.0 Å². The van der Waals surface area contributed by atoms with Gasteiger partial charge in [0.1, 0.15) is 0 Å². The Morgan fingerprint density at radius 1 is 1.38 bits per heavy atom. The second kappa shape index (κ2) is 6.69. The van der Waals surface area contributed by atoms with Gasteiger partial charge in [-0.2, -0.15) is 5.10 Å². The molecule has 8 heteroatoms. The van der Waals surface area contributed by atoms with Crippen molar-refractivity contribution >= 4 is 12.1 Å². The van der Waals surface area contributed by atoms with Crippen molar-refractivity contribution in [2.45, 2.75) is 20.3 Å². The van der Waals surface area contributed by atoms with Gasteiger partial charge in [-0.3, -0.25) is 0 Å². The molecule has 8 nitrogen and oxygen atoms in total. The first kappa shape index (κ1) is 16.0. The van der Waals surface area contributed by atoms with Crippen LogP contribution in [0.2, 0.25) is 0 Å². The summed E-state index contributed by atoms with van der Waals surface area (Å²) in [5.41, 5.74) is 2.98. The van der Waals surface area contributed by atoms with Gasteiger partial charge in [0.2, 0.25) is 0 Å². The van der Waals surface area contributed by atoms with Gasteiger partial charge in [-0.25, -0.2) is 24.2 Å². The Hall–Kier alpha value is -2.90. The molecule has 0 bridgehead atoms. The molecule has 3 rings (SSSR count). The highest BCUT2D eigenvalue weighted by Crippen LogP contribution is 2.16. The SMILES string of the molecule is Cc1nn(-c2ccccn2)c(C)c1CCNC(=O)N1CCNC1=O. The smallest absolute Gasteiger partial charge is 0.325 e. The van der Waals surface area contributed by atoms with E-state index in [0.29, 0.717) is 26.1 Å². The van der Waals surface area contributed by atoms with E-state index in [9.17, 15) is 9.59 Å². The molecule has 1 saturated heterocycles. The summed E-state index contributed by atoms with van der Waals surface area (Å²) < 4.78 is 1.81. The minimum absolute atomic E-state index is 0.345. The van der Waals surface area contributed by atoms with Crippen LogP contribution in [0.15, 0.2) is 24.4 Å². The lowest BCUT2D eigenvalue weighted by atomic mass is 10.1. The zero-order chi connectivity index (χ0) is 17.1. The van der Waals surface area contributed by atoms with Crippen LogP contribution in [0.4, 0.5) is 9.59 Å². The molecule has 0 saturated carbocycles. The molecule has 2 aromatic heterocycles. The van der Waals surface area contributed by atoms with E-state index in [4.69, 9.17) is 0 Å². The number of pyridine rings is 1. The minimum Gasteiger partial charge on any atom is -0.337 e. The number of rotatable bonds is 4. The highest BCUT2D eigenvalue weighted by atomic mass is 16.2. The Labute approximate surface area is 139 Å². The minimum atomic E-state index is -0.363. The summed E-state index contributed by atoms with van der Waals surface area (Å²) in [7, 11) is 0.